The molecule has 7 nitrogen and oxygen atoms in total. The van der Waals surface area contributed by atoms with E-state index in [-0.39, 0.29) is 11.8 Å². The molecule has 3 aliphatic rings. The standard InChI is InChI=1S/C18H26N4O3/c1-13-19-16-3-6-22(18(23)14-4-9-25-12-14)5-2-15(16)17(20-13)21-7-10-24-11-8-21/h14H,2-12H2,1H3/t14-/m1/s1. The molecule has 0 bridgehead atoms. The summed E-state index contributed by atoms with van der Waals surface area (Å²) in [5, 5.41) is 0. The van der Waals surface area contributed by atoms with Gasteiger partial charge in [0.05, 0.1) is 31.4 Å². The molecule has 2 fully saturated rings. The number of rotatable bonds is 2. The van der Waals surface area contributed by atoms with Crippen molar-refractivity contribution in [2.24, 2.45) is 5.92 Å². The molecule has 0 saturated carbocycles. The number of aryl methyl sites for hydroxylation is 1. The predicted molar refractivity (Wildman–Crippen MR) is 92.7 cm³/mol. The SMILES string of the molecule is Cc1nc2c(c(N3CCOCC3)n1)CCN(C(=O)[C@@H]1CCOC1)CC2. The number of nitrogens with zero attached hydrogens (tertiary/aromatic N) is 4. The van der Waals surface area contributed by atoms with Gasteiger partial charge in [0.1, 0.15) is 11.6 Å². The van der Waals surface area contributed by atoms with Crippen molar-refractivity contribution < 1.29 is 14.3 Å². The Kier molecular flexibility index (Phi) is 4.85. The molecule has 136 valence electrons. The van der Waals surface area contributed by atoms with Crippen LogP contribution in [-0.2, 0) is 27.1 Å². The van der Waals surface area contributed by atoms with Crippen LogP contribution >= 0.6 is 0 Å². The van der Waals surface area contributed by atoms with Gasteiger partial charge in [-0.3, -0.25) is 4.79 Å². The first-order valence-electron chi connectivity index (χ1n) is 9.28. The molecule has 3 aliphatic heterocycles. The maximum absolute atomic E-state index is 12.7. The van der Waals surface area contributed by atoms with Crippen LogP contribution in [0.3, 0.4) is 0 Å². The molecule has 0 unspecified atom stereocenters. The first-order valence-corrected chi connectivity index (χ1v) is 9.28. The number of fused-ring (bicyclic) bond motifs is 1. The van der Waals surface area contributed by atoms with E-state index in [1.165, 1.54) is 5.56 Å². The molecule has 4 rings (SSSR count). The molecule has 0 N–H and O–H groups in total. The molecule has 1 aromatic rings. The number of hydrogen-bond acceptors (Lipinski definition) is 6. The van der Waals surface area contributed by atoms with E-state index in [1.807, 2.05) is 11.8 Å². The summed E-state index contributed by atoms with van der Waals surface area (Å²) in [5.41, 5.74) is 2.32. The third-order valence-corrected chi connectivity index (χ3v) is 5.33. The third kappa shape index (κ3) is 3.48. The molecule has 4 heterocycles. The van der Waals surface area contributed by atoms with Crippen LogP contribution in [0.15, 0.2) is 0 Å². The van der Waals surface area contributed by atoms with Gasteiger partial charge in [0.15, 0.2) is 0 Å². The van der Waals surface area contributed by atoms with Crippen LogP contribution in [0.2, 0.25) is 0 Å². The van der Waals surface area contributed by atoms with E-state index in [2.05, 4.69) is 9.88 Å². The van der Waals surface area contributed by atoms with Crippen molar-refractivity contribution in [2.75, 3.05) is 57.5 Å². The summed E-state index contributed by atoms with van der Waals surface area (Å²) in [6.07, 6.45) is 2.47. The quantitative estimate of drug-likeness (QED) is 0.781. The monoisotopic (exact) mass is 346 g/mol. The average molecular weight is 346 g/mol. The Bertz CT molecular complexity index is 639. The molecule has 1 aromatic heterocycles. The van der Waals surface area contributed by atoms with Gasteiger partial charge in [-0.05, 0) is 19.8 Å². The molecular weight excluding hydrogens is 320 g/mol. The highest BCUT2D eigenvalue weighted by molar-refractivity contribution is 5.79. The second-order valence-corrected chi connectivity index (χ2v) is 7.00. The van der Waals surface area contributed by atoms with Gasteiger partial charge in [-0.1, -0.05) is 0 Å². The second kappa shape index (κ2) is 7.25. The fourth-order valence-corrected chi connectivity index (χ4v) is 3.94. The molecule has 1 atom stereocenters. The largest absolute Gasteiger partial charge is 0.381 e. The van der Waals surface area contributed by atoms with Crippen molar-refractivity contribution in [3.63, 3.8) is 0 Å². The van der Waals surface area contributed by atoms with Crippen LogP contribution < -0.4 is 4.90 Å². The predicted octanol–water partition coefficient (Wildman–Crippen LogP) is 0.585. The molecule has 0 aromatic carbocycles. The van der Waals surface area contributed by atoms with Gasteiger partial charge in [-0.2, -0.15) is 0 Å². The van der Waals surface area contributed by atoms with Crippen LogP contribution in [-0.4, -0.2) is 73.4 Å². The van der Waals surface area contributed by atoms with Crippen molar-refractivity contribution in [1.82, 2.24) is 14.9 Å². The summed E-state index contributed by atoms with van der Waals surface area (Å²) in [4.78, 5) is 26.5. The number of carbonyl (C=O) groups is 1. The van der Waals surface area contributed by atoms with E-state index >= 15 is 0 Å². The molecular formula is C18H26N4O3. The smallest absolute Gasteiger partial charge is 0.228 e. The van der Waals surface area contributed by atoms with Crippen LogP contribution in [0.25, 0.3) is 0 Å². The van der Waals surface area contributed by atoms with Crippen LogP contribution in [0, 0.1) is 12.8 Å². The first kappa shape index (κ1) is 16.7. The average Bonchev–Trinajstić information content (AvgIpc) is 3.09. The van der Waals surface area contributed by atoms with E-state index in [0.29, 0.717) is 13.2 Å². The summed E-state index contributed by atoms with van der Waals surface area (Å²) in [7, 11) is 0. The number of morpholine rings is 1. The fourth-order valence-electron chi connectivity index (χ4n) is 3.94. The number of carbonyl (C=O) groups excluding carboxylic acids is 1. The Hall–Kier alpha value is -1.73. The van der Waals surface area contributed by atoms with E-state index in [9.17, 15) is 4.79 Å². The number of hydrogen-bond donors (Lipinski definition) is 0. The van der Waals surface area contributed by atoms with Crippen molar-refractivity contribution in [1.29, 1.82) is 0 Å². The zero-order valence-corrected chi connectivity index (χ0v) is 14.9. The van der Waals surface area contributed by atoms with Gasteiger partial charge in [-0.15, -0.1) is 0 Å². The minimum absolute atomic E-state index is 0.0350. The Morgan fingerprint density at radius 2 is 1.84 bits per heavy atom. The van der Waals surface area contributed by atoms with E-state index < -0.39 is 0 Å². The van der Waals surface area contributed by atoms with Crippen molar-refractivity contribution in [3.8, 4) is 0 Å². The molecule has 0 spiro atoms. The Morgan fingerprint density at radius 3 is 2.60 bits per heavy atom. The van der Waals surface area contributed by atoms with Crippen LogP contribution in [0.1, 0.15) is 23.5 Å². The number of aromatic nitrogens is 2. The van der Waals surface area contributed by atoms with Crippen molar-refractivity contribution in [3.05, 3.63) is 17.1 Å². The second-order valence-electron chi connectivity index (χ2n) is 7.00. The first-order chi connectivity index (χ1) is 12.2. The van der Waals surface area contributed by atoms with Gasteiger partial charge < -0.3 is 19.3 Å². The Balaban J connectivity index is 1.55. The normalized spacial score (nSPS) is 24.1. The molecule has 2 saturated heterocycles. The summed E-state index contributed by atoms with van der Waals surface area (Å²) >= 11 is 0. The molecule has 25 heavy (non-hydrogen) atoms. The molecule has 1 amide bonds. The summed E-state index contributed by atoms with van der Waals surface area (Å²) in [6, 6.07) is 0. The minimum atomic E-state index is 0.0350. The minimum Gasteiger partial charge on any atom is -0.381 e. The molecule has 0 radical (unpaired) electrons. The molecule has 0 aliphatic carbocycles. The zero-order valence-electron chi connectivity index (χ0n) is 14.9. The highest BCUT2D eigenvalue weighted by Gasteiger charge is 2.30. The van der Waals surface area contributed by atoms with Crippen LogP contribution in [0.4, 0.5) is 5.82 Å². The van der Waals surface area contributed by atoms with Gasteiger partial charge in [0.25, 0.3) is 0 Å². The van der Waals surface area contributed by atoms with Crippen molar-refractivity contribution in [2.45, 2.75) is 26.2 Å². The van der Waals surface area contributed by atoms with E-state index in [4.69, 9.17) is 14.5 Å². The summed E-state index contributed by atoms with van der Waals surface area (Å²) < 4.78 is 10.9. The lowest BCUT2D eigenvalue weighted by molar-refractivity contribution is -0.135. The highest BCUT2D eigenvalue weighted by Crippen LogP contribution is 2.26. The number of anilines is 1. The fraction of sp³-hybridized carbons (Fsp3) is 0.722. The zero-order chi connectivity index (χ0) is 17.2. The topological polar surface area (TPSA) is 67.8 Å². The lowest BCUT2D eigenvalue weighted by Crippen LogP contribution is -2.38. The van der Waals surface area contributed by atoms with Crippen LogP contribution in [0.5, 0.6) is 0 Å². The maximum atomic E-state index is 12.7. The van der Waals surface area contributed by atoms with Gasteiger partial charge >= 0.3 is 0 Å². The van der Waals surface area contributed by atoms with Gasteiger partial charge in [0, 0.05) is 44.8 Å². The van der Waals surface area contributed by atoms with E-state index in [1.54, 1.807) is 0 Å². The van der Waals surface area contributed by atoms with Crippen molar-refractivity contribution >= 4 is 11.7 Å². The van der Waals surface area contributed by atoms with Gasteiger partial charge in [-0.25, -0.2) is 9.97 Å². The Morgan fingerprint density at radius 1 is 1.04 bits per heavy atom. The lowest BCUT2D eigenvalue weighted by Gasteiger charge is -2.30. The Labute approximate surface area is 148 Å². The number of ether oxygens (including phenoxy) is 2. The summed E-state index contributed by atoms with van der Waals surface area (Å²) in [5.74, 6) is 2.13. The van der Waals surface area contributed by atoms with Gasteiger partial charge in [0.2, 0.25) is 5.91 Å². The number of amides is 1. The molecule has 7 heteroatoms. The summed E-state index contributed by atoms with van der Waals surface area (Å²) in [6.45, 7) is 7.92. The third-order valence-electron chi connectivity index (χ3n) is 5.33. The van der Waals surface area contributed by atoms with E-state index in [0.717, 1.165) is 76.0 Å². The lowest BCUT2D eigenvalue weighted by atomic mass is 10.1. The maximum Gasteiger partial charge on any atom is 0.228 e. The highest BCUT2D eigenvalue weighted by atomic mass is 16.5.